The molecule has 0 atom stereocenters. The third-order valence-corrected chi connectivity index (χ3v) is 4.56. The Labute approximate surface area is 102 Å². The third-order valence-electron chi connectivity index (χ3n) is 1.73. The summed E-state index contributed by atoms with van der Waals surface area (Å²) in [6.07, 6.45) is 0. The lowest BCUT2D eigenvalue weighted by Gasteiger charge is -2.04. The van der Waals surface area contributed by atoms with Gasteiger partial charge in [0.25, 0.3) is 0 Å². The minimum atomic E-state index is -4.48. The first-order valence-electron chi connectivity index (χ1n) is 4.29. The number of benzene rings is 1. The maximum atomic E-state index is 12.2. The van der Waals surface area contributed by atoms with Gasteiger partial charge in [-0.2, -0.15) is 8.78 Å². The zero-order valence-electron chi connectivity index (χ0n) is 8.07. The van der Waals surface area contributed by atoms with E-state index in [0.29, 0.717) is 11.6 Å². The Bertz CT molecular complexity index is 431. The molecule has 0 saturated carbocycles. The number of hydrogen-bond donors (Lipinski definition) is 0. The molecule has 0 fully saturated rings. The van der Waals surface area contributed by atoms with Crippen LogP contribution in [0.3, 0.4) is 0 Å². The molecule has 1 aromatic carbocycles. The summed E-state index contributed by atoms with van der Waals surface area (Å²) in [5.74, 6) is -2.22. The van der Waals surface area contributed by atoms with Crippen molar-refractivity contribution in [2.24, 2.45) is 0 Å². The normalized spacial score (nSPS) is 12.0. The van der Waals surface area contributed by atoms with Crippen molar-refractivity contribution >= 4 is 33.2 Å². The van der Waals surface area contributed by atoms with Crippen molar-refractivity contribution in [2.45, 2.75) is 15.5 Å². The molecule has 0 amide bonds. The van der Waals surface area contributed by atoms with Crippen molar-refractivity contribution in [3.63, 3.8) is 0 Å². The molecule has 0 aliphatic heterocycles. The monoisotopic (exact) mass is 286 g/mol. The Kier molecular flexibility index (Phi) is 5.01. The van der Waals surface area contributed by atoms with Crippen LogP contribution in [0.1, 0.15) is 0 Å². The van der Waals surface area contributed by atoms with Crippen molar-refractivity contribution < 1.29 is 17.2 Å². The minimum Gasteiger partial charge on any atom is -0.218 e. The van der Waals surface area contributed by atoms with Crippen LogP contribution < -0.4 is 0 Å². The SMILES string of the molecule is O=S(=O)(c1ccc(SCCCl)cc1)C(F)F. The Morgan fingerprint density at radius 2 is 1.81 bits per heavy atom. The summed E-state index contributed by atoms with van der Waals surface area (Å²) >= 11 is 6.91. The predicted molar refractivity (Wildman–Crippen MR) is 61.1 cm³/mol. The molecule has 16 heavy (non-hydrogen) atoms. The molecule has 0 N–H and O–H groups in total. The van der Waals surface area contributed by atoms with Gasteiger partial charge in [-0.05, 0) is 24.3 Å². The van der Waals surface area contributed by atoms with Crippen LogP contribution in [0.2, 0.25) is 0 Å². The summed E-state index contributed by atoms with van der Waals surface area (Å²) in [6.45, 7) is 0. The average molecular weight is 287 g/mol. The van der Waals surface area contributed by atoms with Gasteiger partial charge in [0, 0.05) is 16.5 Å². The number of alkyl halides is 3. The molecule has 0 aromatic heterocycles. The van der Waals surface area contributed by atoms with Crippen molar-refractivity contribution in [2.75, 3.05) is 11.6 Å². The van der Waals surface area contributed by atoms with Gasteiger partial charge in [-0.3, -0.25) is 0 Å². The Morgan fingerprint density at radius 1 is 1.25 bits per heavy atom. The molecule has 2 nitrogen and oxygen atoms in total. The molecule has 0 radical (unpaired) electrons. The fourth-order valence-electron chi connectivity index (χ4n) is 0.985. The fraction of sp³-hybridized carbons (Fsp3) is 0.333. The van der Waals surface area contributed by atoms with Crippen molar-refractivity contribution in [1.29, 1.82) is 0 Å². The molecular formula is C9H9ClF2O2S2. The number of rotatable bonds is 5. The number of sulfone groups is 1. The van der Waals surface area contributed by atoms with Crippen molar-refractivity contribution in [3.8, 4) is 0 Å². The van der Waals surface area contributed by atoms with Gasteiger partial charge in [-0.25, -0.2) is 8.42 Å². The number of thioether (sulfide) groups is 1. The zero-order chi connectivity index (χ0) is 12.2. The largest absolute Gasteiger partial charge is 0.341 e. The topological polar surface area (TPSA) is 34.1 Å². The van der Waals surface area contributed by atoms with E-state index in [2.05, 4.69) is 0 Å². The number of halogens is 3. The molecule has 90 valence electrons. The lowest BCUT2D eigenvalue weighted by atomic mass is 10.4. The van der Waals surface area contributed by atoms with E-state index in [0.717, 1.165) is 4.90 Å². The first-order chi connectivity index (χ1) is 7.48. The van der Waals surface area contributed by atoms with Crippen LogP contribution in [0.25, 0.3) is 0 Å². The highest BCUT2D eigenvalue weighted by molar-refractivity contribution is 7.99. The fourth-order valence-corrected chi connectivity index (χ4v) is 2.58. The van der Waals surface area contributed by atoms with E-state index in [9.17, 15) is 17.2 Å². The highest BCUT2D eigenvalue weighted by atomic mass is 35.5. The summed E-state index contributed by atoms with van der Waals surface area (Å²) in [6, 6.07) is 5.34. The second-order valence-corrected chi connectivity index (χ2v) is 6.28. The molecule has 0 saturated heterocycles. The molecule has 0 unspecified atom stereocenters. The maximum absolute atomic E-state index is 12.2. The summed E-state index contributed by atoms with van der Waals surface area (Å²) in [7, 11) is -4.48. The van der Waals surface area contributed by atoms with Crippen LogP contribution in [-0.4, -0.2) is 25.8 Å². The molecule has 0 bridgehead atoms. The highest BCUT2D eigenvalue weighted by Gasteiger charge is 2.26. The summed E-state index contributed by atoms with van der Waals surface area (Å²) in [5.41, 5.74) is 0. The quantitative estimate of drug-likeness (QED) is 0.616. The van der Waals surface area contributed by atoms with Gasteiger partial charge in [0.05, 0.1) is 4.90 Å². The third kappa shape index (κ3) is 3.33. The van der Waals surface area contributed by atoms with Gasteiger partial charge in [0.1, 0.15) is 0 Å². The van der Waals surface area contributed by atoms with Gasteiger partial charge < -0.3 is 0 Å². The lowest BCUT2D eigenvalue weighted by Crippen LogP contribution is -2.11. The molecule has 0 aliphatic carbocycles. The summed E-state index contributed by atoms with van der Waals surface area (Å²) in [5, 5.41) is 0. The van der Waals surface area contributed by atoms with Crippen LogP contribution in [0.4, 0.5) is 8.78 Å². The van der Waals surface area contributed by atoms with Crippen LogP contribution in [0.15, 0.2) is 34.1 Å². The number of hydrogen-bond acceptors (Lipinski definition) is 3. The molecule has 0 spiro atoms. The van der Waals surface area contributed by atoms with E-state index in [4.69, 9.17) is 11.6 Å². The van der Waals surface area contributed by atoms with E-state index in [1.165, 1.54) is 36.0 Å². The van der Waals surface area contributed by atoms with Crippen LogP contribution in [-0.2, 0) is 9.84 Å². The van der Waals surface area contributed by atoms with Gasteiger partial charge in [-0.1, -0.05) is 0 Å². The Balaban J connectivity index is 2.87. The van der Waals surface area contributed by atoms with Gasteiger partial charge >= 0.3 is 5.76 Å². The van der Waals surface area contributed by atoms with E-state index in [1.54, 1.807) is 0 Å². The average Bonchev–Trinajstić information content (AvgIpc) is 2.26. The summed E-state index contributed by atoms with van der Waals surface area (Å²) < 4.78 is 46.5. The first kappa shape index (κ1) is 13.7. The maximum Gasteiger partial charge on any atom is 0.341 e. The predicted octanol–water partition coefficient (Wildman–Crippen LogP) is 3.01. The van der Waals surface area contributed by atoms with Crippen LogP contribution in [0, 0.1) is 0 Å². The highest BCUT2D eigenvalue weighted by Crippen LogP contribution is 2.23. The first-order valence-corrected chi connectivity index (χ1v) is 7.36. The van der Waals surface area contributed by atoms with Crippen LogP contribution in [0.5, 0.6) is 0 Å². The van der Waals surface area contributed by atoms with E-state index >= 15 is 0 Å². The van der Waals surface area contributed by atoms with Crippen LogP contribution >= 0.6 is 23.4 Å². The van der Waals surface area contributed by atoms with E-state index < -0.39 is 15.6 Å². The summed E-state index contributed by atoms with van der Waals surface area (Å²) in [4.78, 5) is 0.437. The van der Waals surface area contributed by atoms with Gasteiger partial charge in [0.2, 0.25) is 9.84 Å². The standard InChI is InChI=1S/C9H9ClF2O2S2/c10-5-6-15-7-1-3-8(4-2-7)16(13,14)9(11)12/h1-4,9H,5-6H2. The Morgan fingerprint density at radius 3 is 2.25 bits per heavy atom. The zero-order valence-corrected chi connectivity index (χ0v) is 10.5. The van der Waals surface area contributed by atoms with Gasteiger partial charge in [-0.15, -0.1) is 23.4 Å². The molecule has 0 aliphatic rings. The molecule has 0 heterocycles. The smallest absolute Gasteiger partial charge is 0.218 e. The van der Waals surface area contributed by atoms with E-state index in [1.807, 2.05) is 0 Å². The molecule has 1 aromatic rings. The molecule has 7 heteroatoms. The van der Waals surface area contributed by atoms with Crippen molar-refractivity contribution in [3.05, 3.63) is 24.3 Å². The second kappa shape index (κ2) is 5.84. The lowest BCUT2D eigenvalue weighted by molar-refractivity contribution is 0.234. The second-order valence-electron chi connectivity index (χ2n) is 2.81. The minimum absolute atomic E-state index is 0.363. The molecular weight excluding hydrogens is 278 g/mol. The van der Waals surface area contributed by atoms with Crippen molar-refractivity contribution in [1.82, 2.24) is 0 Å². The van der Waals surface area contributed by atoms with Gasteiger partial charge in [0.15, 0.2) is 0 Å². The Hall–Kier alpha value is -0.330. The van der Waals surface area contributed by atoms with E-state index in [-0.39, 0.29) is 4.90 Å². The molecule has 1 rings (SSSR count).